The van der Waals surface area contributed by atoms with Crippen LogP contribution in [0.25, 0.3) is 0 Å². The van der Waals surface area contributed by atoms with Crippen molar-refractivity contribution >= 4 is 27.5 Å². The third-order valence-corrected chi connectivity index (χ3v) is 6.89. The zero-order valence-electron chi connectivity index (χ0n) is 14.8. The molecule has 0 saturated carbocycles. The minimum Gasteiger partial charge on any atom is -0.336 e. The smallest absolute Gasteiger partial charge is 0.336 e. The highest BCUT2D eigenvalue weighted by molar-refractivity contribution is 7.89. The largest absolute Gasteiger partial charge is 0.416 e. The highest BCUT2D eigenvalue weighted by Gasteiger charge is 2.36. The summed E-state index contributed by atoms with van der Waals surface area (Å²) in [6.45, 7) is -0.393. The maximum atomic E-state index is 13.8. The summed E-state index contributed by atoms with van der Waals surface area (Å²) in [5.74, 6) is -1.28. The predicted molar refractivity (Wildman–Crippen MR) is 97.5 cm³/mol. The Bertz CT molecular complexity index is 1040. The molecule has 11 heteroatoms. The minimum atomic E-state index is -4.72. The molecule has 5 nitrogen and oxygen atoms in total. The average Bonchev–Trinajstić information content (AvgIpc) is 2.67. The Labute approximate surface area is 169 Å². The molecule has 2 aromatic rings. The van der Waals surface area contributed by atoms with Gasteiger partial charge in [-0.15, -0.1) is 0 Å². The Morgan fingerprint density at radius 1 is 1.00 bits per heavy atom. The molecule has 3 rings (SSSR count). The minimum absolute atomic E-state index is 0.0387. The highest BCUT2D eigenvalue weighted by atomic mass is 35.5. The average molecular weight is 451 g/mol. The van der Waals surface area contributed by atoms with Crippen molar-refractivity contribution in [3.05, 3.63) is 64.4 Å². The second-order valence-electron chi connectivity index (χ2n) is 6.32. The molecule has 1 aliphatic heterocycles. The number of nitrogens with zero attached hydrogens (tertiary/aromatic N) is 2. The van der Waals surface area contributed by atoms with Crippen LogP contribution in [0.15, 0.2) is 47.4 Å². The number of rotatable bonds is 3. The molecular formula is C18H15ClF4N2O3S. The van der Waals surface area contributed by atoms with Crippen LogP contribution >= 0.6 is 11.6 Å². The van der Waals surface area contributed by atoms with Crippen LogP contribution in [0, 0.1) is 5.82 Å². The molecule has 0 atom stereocenters. The maximum absolute atomic E-state index is 13.8. The van der Waals surface area contributed by atoms with E-state index in [1.165, 1.54) is 23.1 Å². The maximum Gasteiger partial charge on any atom is 0.416 e. The Hall–Kier alpha value is -2.17. The van der Waals surface area contributed by atoms with E-state index in [-0.39, 0.29) is 36.8 Å². The van der Waals surface area contributed by atoms with Crippen molar-refractivity contribution in [2.75, 3.05) is 26.2 Å². The van der Waals surface area contributed by atoms with E-state index in [1.54, 1.807) is 0 Å². The lowest BCUT2D eigenvalue weighted by molar-refractivity contribution is -0.137. The van der Waals surface area contributed by atoms with Gasteiger partial charge in [0.05, 0.1) is 16.1 Å². The van der Waals surface area contributed by atoms with E-state index in [9.17, 15) is 30.8 Å². The molecule has 156 valence electrons. The molecular weight excluding hydrogens is 436 g/mol. The van der Waals surface area contributed by atoms with Crippen molar-refractivity contribution in [3.63, 3.8) is 0 Å². The van der Waals surface area contributed by atoms with Crippen LogP contribution in [0.1, 0.15) is 15.9 Å². The van der Waals surface area contributed by atoms with Gasteiger partial charge in [-0.2, -0.15) is 17.5 Å². The van der Waals surface area contributed by atoms with Gasteiger partial charge in [0.15, 0.2) is 0 Å². The molecule has 0 unspecified atom stereocenters. The lowest BCUT2D eigenvalue weighted by Gasteiger charge is -2.34. The molecule has 2 aromatic carbocycles. The van der Waals surface area contributed by atoms with Gasteiger partial charge in [-0.05, 0) is 30.3 Å². The molecule has 0 bridgehead atoms. The van der Waals surface area contributed by atoms with Gasteiger partial charge in [-0.3, -0.25) is 4.79 Å². The zero-order valence-corrected chi connectivity index (χ0v) is 16.4. The SMILES string of the molecule is O=C(c1ccccc1F)N1CCN(S(=O)(=O)c2cc(C(F)(F)F)ccc2Cl)CC1. The lowest BCUT2D eigenvalue weighted by atomic mass is 10.1. The second kappa shape index (κ2) is 7.92. The number of hydrogen-bond donors (Lipinski definition) is 0. The summed E-state index contributed by atoms with van der Waals surface area (Å²) in [5.41, 5.74) is -1.27. The quantitative estimate of drug-likeness (QED) is 0.671. The van der Waals surface area contributed by atoms with Crippen LogP contribution in [-0.2, 0) is 16.2 Å². The number of piperazine rings is 1. The van der Waals surface area contributed by atoms with Crippen LogP contribution in [-0.4, -0.2) is 49.7 Å². The number of hydrogen-bond acceptors (Lipinski definition) is 3. The van der Waals surface area contributed by atoms with Crippen LogP contribution in [0.2, 0.25) is 5.02 Å². The zero-order chi connectivity index (χ0) is 21.4. The first-order valence-corrected chi connectivity index (χ1v) is 10.2. The Morgan fingerprint density at radius 2 is 1.62 bits per heavy atom. The molecule has 0 spiro atoms. The van der Waals surface area contributed by atoms with Crippen LogP contribution in [0.3, 0.4) is 0 Å². The molecule has 0 N–H and O–H groups in total. The highest BCUT2D eigenvalue weighted by Crippen LogP contribution is 2.34. The first-order chi connectivity index (χ1) is 13.5. The van der Waals surface area contributed by atoms with Gasteiger partial charge in [0.1, 0.15) is 10.7 Å². The summed E-state index contributed by atoms with van der Waals surface area (Å²) in [7, 11) is -4.31. The second-order valence-corrected chi connectivity index (χ2v) is 8.63. The van der Waals surface area contributed by atoms with Crippen molar-refractivity contribution in [2.45, 2.75) is 11.1 Å². The summed E-state index contributed by atoms with van der Waals surface area (Å²) in [5, 5.41) is -0.331. The number of alkyl halides is 3. The molecule has 0 aliphatic carbocycles. The van der Waals surface area contributed by atoms with Crippen LogP contribution in [0.5, 0.6) is 0 Å². The van der Waals surface area contributed by atoms with Crippen molar-refractivity contribution < 1.29 is 30.8 Å². The summed E-state index contributed by atoms with van der Waals surface area (Å²) in [6.07, 6.45) is -4.72. The number of sulfonamides is 1. The normalized spacial score (nSPS) is 16.1. The van der Waals surface area contributed by atoms with E-state index in [0.29, 0.717) is 12.1 Å². The molecule has 1 fully saturated rings. The van der Waals surface area contributed by atoms with Gasteiger partial charge in [0.25, 0.3) is 5.91 Å². The van der Waals surface area contributed by atoms with Gasteiger partial charge in [-0.25, -0.2) is 12.8 Å². The molecule has 1 aliphatic rings. The first kappa shape index (κ1) is 21.5. The molecule has 1 saturated heterocycles. The van der Waals surface area contributed by atoms with Crippen LogP contribution in [0.4, 0.5) is 17.6 Å². The van der Waals surface area contributed by atoms with Crippen molar-refractivity contribution in [3.8, 4) is 0 Å². The number of benzene rings is 2. The van der Waals surface area contributed by atoms with Gasteiger partial charge >= 0.3 is 6.18 Å². The summed E-state index contributed by atoms with van der Waals surface area (Å²) < 4.78 is 79.2. The van der Waals surface area contributed by atoms with E-state index in [4.69, 9.17) is 11.6 Å². The molecule has 29 heavy (non-hydrogen) atoms. The molecule has 0 radical (unpaired) electrons. The molecule has 0 aromatic heterocycles. The fourth-order valence-electron chi connectivity index (χ4n) is 2.95. The van der Waals surface area contributed by atoms with Crippen LogP contribution < -0.4 is 0 Å². The number of carbonyl (C=O) groups is 1. The van der Waals surface area contributed by atoms with Crippen molar-refractivity contribution in [2.24, 2.45) is 0 Å². The fourth-order valence-corrected chi connectivity index (χ4v) is 4.88. The Morgan fingerprint density at radius 3 is 2.21 bits per heavy atom. The number of amides is 1. The van der Waals surface area contributed by atoms with E-state index in [2.05, 4.69) is 0 Å². The van der Waals surface area contributed by atoms with Gasteiger partial charge in [-0.1, -0.05) is 23.7 Å². The standard InChI is InChI=1S/C18H15ClF4N2O3S/c19-14-6-5-12(18(21,22)23)11-16(14)29(27,28)25-9-7-24(8-10-25)17(26)13-3-1-2-4-15(13)20/h1-6,11H,7-10H2. The number of carbonyl (C=O) groups excluding carboxylic acids is 1. The van der Waals surface area contributed by atoms with E-state index >= 15 is 0 Å². The lowest BCUT2D eigenvalue weighted by Crippen LogP contribution is -2.50. The predicted octanol–water partition coefficient (Wildman–Crippen LogP) is 3.64. The van der Waals surface area contributed by atoms with Gasteiger partial charge in [0.2, 0.25) is 10.0 Å². The number of halogens is 5. The Kier molecular flexibility index (Phi) is 5.88. The van der Waals surface area contributed by atoms with E-state index in [1.807, 2.05) is 0 Å². The Balaban J connectivity index is 1.79. The fraction of sp³-hybridized carbons (Fsp3) is 0.278. The molecule has 1 heterocycles. The first-order valence-electron chi connectivity index (χ1n) is 8.42. The summed E-state index contributed by atoms with van der Waals surface area (Å²) in [6, 6.07) is 7.49. The monoisotopic (exact) mass is 450 g/mol. The van der Waals surface area contributed by atoms with Gasteiger partial charge in [0, 0.05) is 26.2 Å². The third kappa shape index (κ3) is 4.39. The van der Waals surface area contributed by atoms with E-state index < -0.39 is 38.4 Å². The summed E-state index contributed by atoms with van der Waals surface area (Å²) in [4.78, 5) is 13.1. The third-order valence-electron chi connectivity index (χ3n) is 4.51. The van der Waals surface area contributed by atoms with Crippen molar-refractivity contribution in [1.29, 1.82) is 0 Å². The topological polar surface area (TPSA) is 57.7 Å². The summed E-state index contributed by atoms with van der Waals surface area (Å²) >= 11 is 5.85. The molecule has 1 amide bonds. The van der Waals surface area contributed by atoms with Crippen molar-refractivity contribution in [1.82, 2.24) is 9.21 Å². The van der Waals surface area contributed by atoms with Gasteiger partial charge < -0.3 is 4.90 Å². The van der Waals surface area contributed by atoms with E-state index in [0.717, 1.165) is 16.4 Å².